The number of hydrogen-bond acceptors (Lipinski definition) is 5. The van der Waals surface area contributed by atoms with Crippen molar-refractivity contribution in [2.45, 2.75) is 6.92 Å². The van der Waals surface area contributed by atoms with Crippen LogP contribution in [-0.2, 0) is 10.0 Å². The van der Waals surface area contributed by atoms with E-state index in [2.05, 4.69) is 15.0 Å². The van der Waals surface area contributed by atoms with Gasteiger partial charge in [-0.3, -0.25) is 9.52 Å². The molecular weight excluding hydrogens is 370 g/mol. The van der Waals surface area contributed by atoms with Gasteiger partial charge in [-0.05, 0) is 31.2 Å². The Balaban J connectivity index is 1.69. The van der Waals surface area contributed by atoms with Crippen LogP contribution in [0.5, 0.6) is 0 Å². The van der Waals surface area contributed by atoms with Crippen LogP contribution in [0.25, 0.3) is 10.6 Å². The smallest absolute Gasteiger partial charge is 0.275 e. The predicted octanol–water partition coefficient (Wildman–Crippen LogP) is 3.74. The largest absolute Gasteiger partial charge is 0.321 e. The van der Waals surface area contributed by atoms with Crippen molar-refractivity contribution in [1.82, 2.24) is 4.98 Å². The molecule has 2 N–H and O–H groups in total. The minimum Gasteiger partial charge on any atom is -0.321 e. The first-order valence-electron chi connectivity index (χ1n) is 7.72. The predicted molar refractivity (Wildman–Crippen MR) is 105 cm³/mol. The number of hydrogen-bond donors (Lipinski definition) is 2. The molecule has 0 radical (unpaired) electrons. The van der Waals surface area contributed by atoms with Crippen molar-refractivity contribution in [2.75, 3.05) is 16.3 Å². The van der Waals surface area contributed by atoms with Gasteiger partial charge in [-0.1, -0.05) is 29.8 Å². The molecule has 134 valence electrons. The van der Waals surface area contributed by atoms with Crippen LogP contribution < -0.4 is 10.0 Å². The first-order valence-corrected chi connectivity index (χ1v) is 10.5. The number of nitrogens with zero attached hydrogens (tertiary/aromatic N) is 1. The van der Waals surface area contributed by atoms with E-state index in [4.69, 9.17) is 0 Å². The zero-order valence-corrected chi connectivity index (χ0v) is 15.8. The van der Waals surface area contributed by atoms with Crippen LogP contribution in [0.15, 0.2) is 53.9 Å². The van der Waals surface area contributed by atoms with Gasteiger partial charge in [0.1, 0.15) is 10.7 Å². The van der Waals surface area contributed by atoms with Gasteiger partial charge in [-0.25, -0.2) is 13.4 Å². The summed E-state index contributed by atoms with van der Waals surface area (Å²) in [6.45, 7) is 2.02. The maximum Gasteiger partial charge on any atom is 0.275 e. The van der Waals surface area contributed by atoms with E-state index in [0.717, 1.165) is 22.4 Å². The van der Waals surface area contributed by atoms with Crippen LogP contribution in [-0.4, -0.2) is 25.6 Å². The Morgan fingerprint density at radius 1 is 1.00 bits per heavy atom. The molecular formula is C18H17N3O3S2. The molecule has 6 nitrogen and oxygen atoms in total. The van der Waals surface area contributed by atoms with E-state index in [0.29, 0.717) is 17.1 Å². The molecule has 0 atom stereocenters. The fourth-order valence-corrected chi connectivity index (χ4v) is 3.61. The van der Waals surface area contributed by atoms with Gasteiger partial charge in [0.15, 0.2) is 0 Å². The van der Waals surface area contributed by atoms with Crippen molar-refractivity contribution >= 4 is 38.6 Å². The van der Waals surface area contributed by atoms with Crippen LogP contribution in [0.4, 0.5) is 11.4 Å². The molecule has 1 amide bonds. The Labute approximate surface area is 156 Å². The number of aromatic nitrogens is 1. The standard InChI is InChI=1S/C18H17N3O3S2/c1-12-3-5-13(6-4-12)18-20-16(11-25-18)17(22)19-14-7-9-15(10-8-14)21-26(2,23)24/h3-11,21H,1-2H3,(H,19,22). The van der Waals surface area contributed by atoms with Crippen molar-refractivity contribution in [3.05, 3.63) is 65.2 Å². The monoisotopic (exact) mass is 387 g/mol. The molecule has 1 aromatic heterocycles. The molecule has 26 heavy (non-hydrogen) atoms. The normalized spacial score (nSPS) is 11.2. The van der Waals surface area contributed by atoms with Gasteiger partial charge in [0, 0.05) is 22.3 Å². The average molecular weight is 387 g/mol. The lowest BCUT2D eigenvalue weighted by atomic mass is 10.2. The number of amides is 1. The van der Waals surface area contributed by atoms with E-state index in [1.807, 2.05) is 31.2 Å². The Kier molecular flexibility index (Phi) is 5.06. The molecule has 8 heteroatoms. The van der Waals surface area contributed by atoms with E-state index in [-0.39, 0.29) is 5.91 Å². The number of anilines is 2. The number of sulfonamides is 1. The van der Waals surface area contributed by atoms with E-state index in [1.165, 1.54) is 11.3 Å². The third-order valence-corrected chi connectivity index (χ3v) is 4.98. The summed E-state index contributed by atoms with van der Waals surface area (Å²) in [5.41, 5.74) is 3.46. The van der Waals surface area contributed by atoms with Gasteiger partial charge in [0.2, 0.25) is 10.0 Å². The topological polar surface area (TPSA) is 88.2 Å². The summed E-state index contributed by atoms with van der Waals surface area (Å²) in [6.07, 6.45) is 1.08. The van der Waals surface area contributed by atoms with E-state index < -0.39 is 10.0 Å². The second-order valence-corrected chi connectivity index (χ2v) is 8.42. The van der Waals surface area contributed by atoms with E-state index in [9.17, 15) is 13.2 Å². The zero-order chi connectivity index (χ0) is 18.7. The number of nitrogens with one attached hydrogen (secondary N) is 2. The molecule has 0 spiro atoms. The Bertz CT molecular complexity index is 1020. The molecule has 0 aliphatic heterocycles. The molecule has 2 aromatic carbocycles. The molecule has 0 aliphatic carbocycles. The molecule has 0 unspecified atom stereocenters. The number of carbonyl (C=O) groups is 1. The SMILES string of the molecule is Cc1ccc(-c2nc(C(=O)Nc3ccc(NS(C)(=O)=O)cc3)cs2)cc1. The van der Waals surface area contributed by atoms with Crippen LogP contribution in [0.2, 0.25) is 0 Å². The fraction of sp³-hybridized carbons (Fsp3) is 0.111. The van der Waals surface area contributed by atoms with Crippen molar-refractivity contribution in [3.8, 4) is 10.6 Å². The summed E-state index contributed by atoms with van der Waals surface area (Å²) in [7, 11) is -3.33. The Morgan fingerprint density at radius 3 is 2.23 bits per heavy atom. The molecule has 1 heterocycles. The number of aryl methyl sites for hydroxylation is 1. The lowest BCUT2D eigenvalue weighted by Crippen LogP contribution is -2.13. The molecule has 0 aliphatic rings. The minimum absolute atomic E-state index is 0.316. The van der Waals surface area contributed by atoms with E-state index >= 15 is 0 Å². The molecule has 0 bridgehead atoms. The summed E-state index contributed by atoms with van der Waals surface area (Å²) in [6, 6.07) is 14.4. The maximum absolute atomic E-state index is 12.3. The summed E-state index contributed by atoms with van der Waals surface area (Å²) in [4.78, 5) is 16.7. The van der Waals surface area contributed by atoms with Gasteiger partial charge in [0.05, 0.1) is 6.26 Å². The summed E-state index contributed by atoms with van der Waals surface area (Å²) in [5.74, 6) is -0.316. The fourth-order valence-electron chi connectivity index (χ4n) is 2.24. The summed E-state index contributed by atoms with van der Waals surface area (Å²) < 4.78 is 24.8. The minimum atomic E-state index is -3.33. The highest BCUT2D eigenvalue weighted by Crippen LogP contribution is 2.24. The van der Waals surface area contributed by atoms with Crippen molar-refractivity contribution in [3.63, 3.8) is 0 Å². The highest BCUT2D eigenvalue weighted by atomic mass is 32.2. The summed E-state index contributed by atoms with van der Waals surface area (Å²) in [5, 5.41) is 5.24. The Hall–Kier alpha value is -2.71. The van der Waals surface area contributed by atoms with Gasteiger partial charge in [-0.15, -0.1) is 11.3 Å². The molecule has 0 fully saturated rings. The lowest BCUT2D eigenvalue weighted by Gasteiger charge is -2.06. The number of thiazole rings is 1. The first-order chi connectivity index (χ1) is 12.3. The van der Waals surface area contributed by atoms with Crippen LogP contribution >= 0.6 is 11.3 Å². The second-order valence-electron chi connectivity index (χ2n) is 5.81. The molecule has 3 aromatic rings. The van der Waals surface area contributed by atoms with Gasteiger partial charge in [0.25, 0.3) is 5.91 Å². The quantitative estimate of drug-likeness (QED) is 0.698. The first kappa shape index (κ1) is 18.1. The maximum atomic E-state index is 12.3. The number of carbonyl (C=O) groups excluding carboxylic acids is 1. The van der Waals surface area contributed by atoms with Gasteiger partial charge >= 0.3 is 0 Å². The van der Waals surface area contributed by atoms with Crippen molar-refractivity contribution in [2.24, 2.45) is 0 Å². The Morgan fingerprint density at radius 2 is 1.62 bits per heavy atom. The molecule has 0 saturated heterocycles. The van der Waals surface area contributed by atoms with Crippen LogP contribution in [0, 0.1) is 6.92 Å². The van der Waals surface area contributed by atoms with Crippen molar-refractivity contribution < 1.29 is 13.2 Å². The molecule has 0 saturated carbocycles. The second kappa shape index (κ2) is 7.27. The van der Waals surface area contributed by atoms with Gasteiger partial charge < -0.3 is 5.32 Å². The average Bonchev–Trinajstić information content (AvgIpc) is 3.06. The lowest BCUT2D eigenvalue weighted by molar-refractivity contribution is 0.102. The van der Waals surface area contributed by atoms with Gasteiger partial charge in [-0.2, -0.15) is 0 Å². The number of rotatable bonds is 5. The van der Waals surface area contributed by atoms with Crippen LogP contribution in [0.3, 0.4) is 0 Å². The highest BCUT2D eigenvalue weighted by molar-refractivity contribution is 7.92. The summed E-state index contributed by atoms with van der Waals surface area (Å²) >= 11 is 1.41. The highest BCUT2D eigenvalue weighted by Gasteiger charge is 2.12. The van der Waals surface area contributed by atoms with Crippen LogP contribution in [0.1, 0.15) is 16.1 Å². The van der Waals surface area contributed by atoms with Crippen molar-refractivity contribution in [1.29, 1.82) is 0 Å². The van der Waals surface area contributed by atoms with E-state index in [1.54, 1.807) is 29.6 Å². The third kappa shape index (κ3) is 4.68. The zero-order valence-electron chi connectivity index (χ0n) is 14.2. The third-order valence-electron chi connectivity index (χ3n) is 3.48. The number of benzene rings is 2. The molecule has 3 rings (SSSR count).